The Kier molecular flexibility index (Phi) is 8.51. The van der Waals surface area contributed by atoms with Gasteiger partial charge in [0.15, 0.2) is 5.41 Å². The highest BCUT2D eigenvalue weighted by Crippen LogP contribution is 2.43. The average molecular weight is 405 g/mol. The Morgan fingerprint density at radius 1 is 1.00 bits per heavy atom. The topological polar surface area (TPSA) is 74.6 Å². The van der Waals surface area contributed by atoms with E-state index in [1.165, 1.54) is 0 Å². The third kappa shape index (κ3) is 5.43. The summed E-state index contributed by atoms with van der Waals surface area (Å²) in [4.78, 5) is 24.2. The molecular weight excluding hydrogens is 376 g/mol. The van der Waals surface area contributed by atoms with Gasteiger partial charge in [0.05, 0.1) is 0 Å². The van der Waals surface area contributed by atoms with Crippen molar-refractivity contribution in [3.63, 3.8) is 0 Å². The van der Waals surface area contributed by atoms with Gasteiger partial charge in [-0.25, -0.2) is 0 Å². The first-order valence-electron chi connectivity index (χ1n) is 10.4. The molecule has 0 amide bonds. The van der Waals surface area contributed by atoms with E-state index in [1.54, 1.807) is 30.4 Å². The third-order valence-corrected chi connectivity index (χ3v) is 5.07. The highest BCUT2D eigenvalue weighted by Gasteiger charge is 2.50. The summed E-state index contributed by atoms with van der Waals surface area (Å²) in [5, 5.41) is 19.8. The molecule has 0 radical (unpaired) electrons. The van der Waals surface area contributed by atoms with E-state index in [2.05, 4.69) is 37.5 Å². The van der Waals surface area contributed by atoms with Crippen molar-refractivity contribution in [1.29, 1.82) is 0 Å². The minimum Gasteiger partial charge on any atom is -0.480 e. The molecule has 0 saturated heterocycles. The maximum Gasteiger partial charge on any atom is 0.325 e. The lowest BCUT2D eigenvalue weighted by Gasteiger charge is -2.30. The zero-order valence-corrected chi connectivity index (χ0v) is 17.6. The quantitative estimate of drug-likeness (QED) is 0.368. The van der Waals surface area contributed by atoms with Gasteiger partial charge in [-0.2, -0.15) is 0 Å². The molecule has 1 aromatic rings. The molecule has 0 saturated carbocycles. The lowest BCUT2D eigenvalue weighted by molar-refractivity contribution is -0.159. The van der Waals surface area contributed by atoms with Crippen molar-refractivity contribution in [2.75, 3.05) is 0 Å². The van der Waals surface area contributed by atoms with Crippen LogP contribution in [0.2, 0.25) is 0 Å². The van der Waals surface area contributed by atoms with Crippen molar-refractivity contribution >= 4 is 17.5 Å². The van der Waals surface area contributed by atoms with Crippen molar-refractivity contribution in [2.24, 2.45) is 5.41 Å². The zero-order chi connectivity index (χ0) is 22.0. The summed E-state index contributed by atoms with van der Waals surface area (Å²) < 4.78 is 0. The first-order valence-corrected chi connectivity index (χ1v) is 10.4. The van der Waals surface area contributed by atoms with Gasteiger partial charge in [-0.1, -0.05) is 68.6 Å². The first-order chi connectivity index (χ1) is 14.5. The smallest absolute Gasteiger partial charge is 0.325 e. The highest BCUT2D eigenvalue weighted by molar-refractivity contribution is 6.12. The second-order valence-electron chi connectivity index (χ2n) is 7.33. The van der Waals surface area contributed by atoms with Gasteiger partial charge in [-0.05, 0) is 48.6 Å². The average Bonchev–Trinajstić information content (AvgIpc) is 2.74. The summed E-state index contributed by atoms with van der Waals surface area (Å²) in [5.41, 5.74) is 0.131. The van der Waals surface area contributed by atoms with Crippen molar-refractivity contribution in [3.05, 3.63) is 53.1 Å². The van der Waals surface area contributed by atoms with Crippen LogP contribution < -0.4 is 0 Å². The molecule has 1 aliphatic carbocycles. The first kappa shape index (κ1) is 23.0. The van der Waals surface area contributed by atoms with Crippen LogP contribution in [-0.4, -0.2) is 22.2 Å². The molecule has 0 atom stereocenters. The number of hydrogen-bond acceptors (Lipinski definition) is 2. The summed E-state index contributed by atoms with van der Waals surface area (Å²) in [5.74, 6) is 9.58. The number of benzene rings is 1. The standard InChI is InChI=1S/C26H28O4/c1-3-5-7-9-12-20-14-11-15-22(18-20)23-19-21(13-10-8-6-4-2)16-17-26(23,24(27)28)25(29)30/h11,14-16,18-19H,3-8,17H2,1-2H3,(H,27,28)(H,29,30). The van der Waals surface area contributed by atoms with E-state index in [0.717, 1.165) is 44.1 Å². The second kappa shape index (κ2) is 11.1. The van der Waals surface area contributed by atoms with Gasteiger partial charge in [0.1, 0.15) is 0 Å². The number of allylic oxidation sites excluding steroid dienone is 3. The number of aliphatic carboxylic acids is 2. The van der Waals surface area contributed by atoms with Gasteiger partial charge in [0.2, 0.25) is 0 Å². The van der Waals surface area contributed by atoms with Crippen LogP contribution in [0.1, 0.15) is 69.9 Å². The van der Waals surface area contributed by atoms with E-state index in [9.17, 15) is 19.8 Å². The van der Waals surface area contributed by atoms with Crippen molar-refractivity contribution < 1.29 is 19.8 Å². The second-order valence-corrected chi connectivity index (χ2v) is 7.33. The molecule has 0 aliphatic heterocycles. The molecular formula is C26H28O4. The number of hydrogen-bond donors (Lipinski definition) is 2. The van der Waals surface area contributed by atoms with E-state index in [4.69, 9.17) is 0 Å². The molecule has 2 N–H and O–H groups in total. The molecule has 4 heteroatoms. The van der Waals surface area contributed by atoms with Crippen LogP contribution in [0, 0.1) is 29.1 Å². The lowest BCUT2D eigenvalue weighted by atomic mass is 9.70. The fourth-order valence-electron chi connectivity index (χ4n) is 3.25. The van der Waals surface area contributed by atoms with Crippen LogP contribution in [-0.2, 0) is 9.59 Å². The Morgan fingerprint density at radius 2 is 1.63 bits per heavy atom. The number of carboxylic acids is 2. The minimum absolute atomic E-state index is 0.145. The van der Waals surface area contributed by atoms with Gasteiger partial charge in [-0.3, -0.25) is 9.59 Å². The normalized spacial score (nSPS) is 14.3. The molecule has 0 bridgehead atoms. The van der Waals surface area contributed by atoms with Crippen molar-refractivity contribution in [3.8, 4) is 23.7 Å². The summed E-state index contributed by atoms with van der Waals surface area (Å²) >= 11 is 0. The lowest BCUT2D eigenvalue weighted by Crippen LogP contribution is -2.41. The molecule has 156 valence electrons. The van der Waals surface area contributed by atoms with Crippen LogP contribution in [0.15, 0.2) is 42.0 Å². The zero-order valence-electron chi connectivity index (χ0n) is 17.6. The third-order valence-electron chi connectivity index (χ3n) is 5.07. The summed E-state index contributed by atoms with van der Waals surface area (Å²) in [6.45, 7) is 4.19. The molecule has 0 heterocycles. The summed E-state index contributed by atoms with van der Waals surface area (Å²) in [6.07, 6.45) is 8.73. The monoisotopic (exact) mass is 404 g/mol. The fraction of sp³-hybridized carbons (Fsp3) is 0.385. The largest absolute Gasteiger partial charge is 0.480 e. The Hall–Kier alpha value is -3.24. The maximum atomic E-state index is 12.1. The predicted molar refractivity (Wildman–Crippen MR) is 119 cm³/mol. The molecule has 1 aliphatic rings. The minimum atomic E-state index is -2.04. The SMILES string of the molecule is CCCCC#CC1=CCC(C(=O)O)(C(=O)O)C(c2cccc(C#CCCCC)c2)=C1. The number of rotatable bonds is 7. The molecule has 1 aromatic carbocycles. The fourth-order valence-corrected chi connectivity index (χ4v) is 3.25. The van der Waals surface area contributed by atoms with Crippen LogP contribution in [0.4, 0.5) is 0 Å². The van der Waals surface area contributed by atoms with Crippen LogP contribution in [0.25, 0.3) is 5.57 Å². The Labute approximate surface area is 178 Å². The molecule has 0 fully saturated rings. The molecule has 4 nitrogen and oxygen atoms in total. The molecule has 30 heavy (non-hydrogen) atoms. The molecule has 2 rings (SSSR count). The van der Waals surface area contributed by atoms with Gasteiger partial charge >= 0.3 is 11.9 Å². The van der Waals surface area contributed by atoms with E-state index in [0.29, 0.717) is 11.1 Å². The van der Waals surface area contributed by atoms with Crippen molar-refractivity contribution in [2.45, 2.75) is 58.8 Å². The van der Waals surface area contributed by atoms with Crippen LogP contribution >= 0.6 is 0 Å². The molecule has 0 aromatic heterocycles. The van der Waals surface area contributed by atoms with E-state index in [-0.39, 0.29) is 12.0 Å². The molecule has 0 spiro atoms. The predicted octanol–water partition coefficient (Wildman–Crippen LogP) is 5.29. The van der Waals surface area contributed by atoms with Crippen molar-refractivity contribution in [1.82, 2.24) is 0 Å². The Bertz CT molecular complexity index is 960. The van der Waals surface area contributed by atoms with Crippen LogP contribution in [0.5, 0.6) is 0 Å². The van der Waals surface area contributed by atoms with Crippen LogP contribution in [0.3, 0.4) is 0 Å². The summed E-state index contributed by atoms with van der Waals surface area (Å²) in [7, 11) is 0. The van der Waals surface area contributed by atoms with Gasteiger partial charge in [-0.15, -0.1) is 0 Å². The van der Waals surface area contributed by atoms with Gasteiger partial charge in [0, 0.05) is 24.0 Å². The summed E-state index contributed by atoms with van der Waals surface area (Å²) in [6, 6.07) is 7.12. The Balaban J connectivity index is 2.50. The molecule has 0 unspecified atom stereocenters. The van der Waals surface area contributed by atoms with E-state index >= 15 is 0 Å². The number of carbonyl (C=O) groups is 2. The highest BCUT2D eigenvalue weighted by atomic mass is 16.4. The van der Waals surface area contributed by atoms with Gasteiger partial charge < -0.3 is 10.2 Å². The number of carboxylic acid groups (broad SMARTS) is 2. The van der Waals surface area contributed by atoms with E-state index < -0.39 is 17.4 Å². The number of unbranched alkanes of at least 4 members (excludes halogenated alkanes) is 4. The maximum absolute atomic E-state index is 12.1. The van der Waals surface area contributed by atoms with E-state index in [1.807, 2.05) is 6.07 Å². The Morgan fingerprint density at radius 3 is 2.23 bits per heavy atom. The van der Waals surface area contributed by atoms with Gasteiger partial charge in [0.25, 0.3) is 0 Å².